The van der Waals surface area contributed by atoms with E-state index in [0.717, 1.165) is 43.3 Å². The second kappa shape index (κ2) is 8.20. The number of rotatable bonds is 4. The minimum absolute atomic E-state index is 0.0191. The van der Waals surface area contributed by atoms with Crippen LogP contribution < -0.4 is 4.89 Å². The molecule has 0 saturated heterocycles. The lowest BCUT2D eigenvalue weighted by molar-refractivity contribution is -0.149. The quantitative estimate of drug-likeness (QED) is 0.118. The molecule has 0 aliphatic rings. The highest BCUT2D eigenvalue weighted by Crippen LogP contribution is 2.42. The Morgan fingerprint density at radius 2 is 1.22 bits per heavy atom. The third kappa shape index (κ3) is 3.62. The molecular weight excluding hydrogens is 464 g/mol. The monoisotopic (exact) mass is 488 g/mol. The van der Waals surface area contributed by atoms with Crippen LogP contribution in [0.3, 0.4) is 0 Å². The van der Waals surface area contributed by atoms with Gasteiger partial charge in [0, 0.05) is 5.39 Å². The summed E-state index contributed by atoms with van der Waals surface area (Å²) in [6.45, 7) is 6.33. The fraction of sp³-hybridized carbons (Fsp3) is 0.125. The van der Waals surface area contributed by atoms with Gasteiger partial charge in [-0.05, 0) is 72.9 Å². The topological polar surface area (TPSA) is 72.8 Å². The predicted octanol–water partition coefficient (Wildman–Crippen LogP) is 7.88. The summed E-state index contributed by atoms with van der Waals surface area (Å²) in [6.07, 6.45) is 0. The van der Waals surface area contributed by atoms with Crippen LogP contribution in [0.15, 0.2) is 84.9 Å². The van der Waals surface area contributed by atoms with Crippen molar-refractivity contribution in [2.45, 2.75) is 26.2 Å². The highest BCUT2D eigenvalue weighted by molar-refractivity contribution is 6.35. The zero-order chi connectivity index (χ0) is 25.9. The summed E-state index contributed by atoms with van der Waals surface area (Å²) in [6, 6.07) is 26.3. The maximum atomic E-state index is 13.3. The predicted molar refractivity (Wildman–Crippen MR) is 146 cm³/mol. The molecule has 0 spiro atoms. The van der Waals surface area contributed by atoms with Gasteiger partial charge in [0.15, 0.2) is 5.75 Å². The van der Waals surface area contributed by atoms with E-state index < -0.39 is 11.9 Å². The van der Waals surface area contributed by atoms with Gasteiger partial charge in [-0.25, -0.2) is 14.5 Å². The SMILES string of the molecule is CC(C)(C)c1ccc(OOC(=O)c2ccc3c4cccc5cccc(c6ccc(C(=O)O)c2c63)c54)cc1. The molecule has 182 valence electrons. The van der Waals surface area contributed by atoms with Crippen molar-refractivity contribution < 1.29 is 24.5 Å². The Balaban J connectivity index is 1.50. The molecule has 0 amide bonds. The summed E-state index contributed by atoms with van der Waals surface area (Å²) in [4.78, 5) is 36.1. The zero-order valence-corrected chi connectivity index (χ0v) is 20.7. The van der Waals surface area contributed by atoms with Gasteiger partial charge in [-0.15, -0.1) is 0 Å². The van der Waals surface area contributed by atoms with Gasteiger partial charge in [0.25, 0.3) is 0 Å². The van der Waals surface area contributed by atoms with Crippen LogP contribution in [0.4, 0.5) is 0 Å². The first-order valence-corrected chi connectivity index (χ1v) is 12.1. The highest BCUT2D eigenvalue weighted by Gasteiger charge is 2.24. The zero-order valence-electron chi connectivity index (χ0n) is 20.7. The lowest BCUT2D eigenvalue weighted by Gasteiger charge is -2.19. The molecule has 0 aliphatic heterocycles. The van der Waals surface area contributed by atoms with E-state index in [1.54, 1.807) is 24.3 Å². The van der Waals surface area contributed by atoms with Crippen molar-refractivity contribution in [1.82, 2.24) is 0 Å². The molecule has 37 heavy (non-hydrogen) atoms. The van der Waals surface area contributed by atoms with Crippen molar-refractivity contribution in [3.05, 3.63) is 102 Å². The Kier molecular flexibility index (Phi) is 5.06. The van der Waals surface area contributed by atoms with Gasteiger partial charge >= 0.3 is 11.9 Å². The second-order valence-electron chi connectivity index (χ2n) is 10.3. The third-order valence-electron chi connectivity index (χ3n) is 7.03. The number of aromatic carboxylic acids is 1. The minimum atomic E-state index is -1.12. The van der Waals surface area contributed by atoms with E-state index in [4.69, 9.17) is 9.78 Å². The van der Waals surface area contributed by atoms with E-state index >= 15 is 0 Å². The molecule has 6 aromatic rings. The molecule has 0 unspecified atom stereocenters. The van der Waals surface area contributed by atoms with Crippen LogP contribution in [0.5, 0.6) is 5.75 Å². The van der Waals surface area contributed by atoms with Gasteiger partial charge in [-0.1, -0.05) is 81.4 Å². The molecule has 0 aromatic heterocycles. The summed E-state index contributed by atoms with van der Waals surface area (Å²) in [5.41, 5.74) is 1.27. The van der Waals surface area contributed by atoms with Crippen LogP contribution in [0, 0.1) is 0 Å². The standard InChI is InChI=1S/C32H24O5/c1-32(2,3)19-10-12-20(13-11-19)36-37-31(35)26-17-15-24-22-9-5-7-18-6-4-8-21(27(18)22)23-14-16-25(30(33)34)29(26)28(23)24/h4-17H,1-3H3,(H,33,34). The van der Waals surface area contributed by atoms with Gasteiger partial charge in [0.05, 0.1) is 11.1 Å². The number of hydrogen-bond donors (Lipinski definition) is 1. The molecule has 0 aliphatic carbocycles. The molecule has 0 bridgehead atoms. The lowest BCUT2D eigenvalue weighted by atomic mass is 9.86. The number of carboxylic acid groups (broad SMARTS) is 1. The van der Waals surface area contributed by atoms with Gasteiger partial charge in [0.1, 0.15) is 0 Å². The van der Waals surface area contributed by atoms with Crippen LogP contribution in [0.1, 0.15) is 47.1 Å². The summed E-state index contributed by atoms with van der Waals surface area (Å²) < 4.78 is 0. The van der Waals surface area contributed by atoms with Gasteiger partial charge in [-0.3, -0.25) is 4.89 Å². The lowest BCUT2D eigenvalue weighted by Crippen LogP contribution is -2.12. The van der Waals surface area contributed by atoms with E-state index in [9.17, 15) is 14.7 Å². The van der Waals surface area contributed by atoms with Crippen LogP contribution in [-0.4, -0.2) is 17.0 Å². The number of benzene rings is 6. The summed E-state index contributed by atoms with van der Waals surface area (Å²) in [5, 5.41) is 17.1. The average Bonchev–Trinajstić information content (AvgIpc) is 2.89. The largest absolute Gasteiger partial charge is 0.478 e. The summed E-state index contributed by atoms with van der Waals surface area (Å²) >= 11 is 0. The van der Waals surface area contributed by atoms with E-state index in [2.05, 4.69) is 32.9 Å². The van der Waals surface area contributed by atoms with Crippen molar-refractivity contribution in [2.24, 2.45) is 0 Å². The Morgan fingerprint density at radius 3 is 1.78 bits per heavy atom. The Morgan fingerprint density at radius 1 is 0.649 bits per heavy atom. The molecule has 0 atom stereocenters. The number of hydrogen-bond acceptors (Lipinski definition) is 4. The smallest absolute Gasteiger partial charge is 0.386 e. The Labute approximate surface area is 213 Å². The molecule has 5 heteroatoms. The van der Waals surface area contributed by atoms with Crippen molar-refractivity contribution in [2.75, 3.05) is 0 Å². The molecule has 0 radical (unpaired) electrons. The Hall–Kier alpha value is -4.64. The molecule has 0 heterocycles. The maximum Gasteiger partial charge on any atom is 0.386 e. The fourth-order valence-corrected chi connectivity index (χ4v) is 5.22. The molecule has 1 N–H and O–H groups in total. The van der Waals surface area contributed by atoms with Crippen molar-refractivity contribution >= 4 is 55.0 Å². The first kappa shape index (κ1) is 22.8. The van der Waals surface area contributed by atoms with E-state index in [0.29, 0.717) is 11.1 Å². The molecule has 5 nitrogen and oxygen atoms in total. The van der Waals surface area contributed by atoms with Gasteiger partial charge in [0.2, 0.25) is 0 Å². The van der Waals surface area contributed by atoms with Crippen LogP contribution in [0.2, 0.25) is 0 Å². The first-order valence-electron chi connectivity index (χ1n) is 12.1. The van der Waals surface area contributed by atoms with E-state index in [1.165, 1.54) is 0 Å². The van der Waals surface area contributed by atoms with Crippen molar-refractivity contribution in [3.63, 3.8) is 0 Å². The number of carbonyl (C=O) groups excluding carboxylic acids is 1. The maximum absolute atomic E-state index is 13.3. The van der Waals surface area contributed by atoms with Crippen molar-refractivity contribution in [3.8, 4) is 5.75 Å². The number of fused-ring (bicyclic) bond motifs is 2. The second-order valence-corrected chi connectivity index (χ2v) is 10.3. The van der Waals surface area contributed by atoms with E-state index in [1.807, 2.05) is 48.5 Å². The summed E-state index contributed by atoms with van der Waals surface area (Å²) in [5.74, 6) is -1.50. The summed E-state index contributed by atoms with van der Waals surface area (Å²) in [7, 11) is 0. The fourth-order valence-electron chi connectivity index (χ4n) is 5.22. The molecular formula is C32H24O5. The van der Waals surface area contributed by atoms with Gasteiger partial charge in [-0.2, -0.15) is 0 Å². The molecule has 0 saturated carbocycles. The van der Waals surface area contributed by atoms with Crippen LogP contribution >= 0.6 is 0 Å². The highest BCUT2D eigenvalue weighted by atomic mass is 17.2. The third-order valence-corrected chi connectivity index (χ3v) is 7.03. The normalized spacial score (nSPS) is 12.0. The van der Waals surface area contributed by atoms with E-state index in [-0.39, 0.29) is 16.5 Å². The number of carboxylic acids is 1. The minimum Gasteiger partial charge on any atom is -0.478 e. The molecule has 6 rings (SSSR count). The van der Waals surface area contributed by atoms with Crippen LogP contribution in [-0.2, 0) is 10.3 Å². The van der Waals surface area contributed by atoms with Crippen LogP contribution in [0.25, 0.3) is 43.1 Å². The van der Waals surface area contributed by atoms with Crippen molar-refractivity contribution in [1.29, 1.82) is 0 Å². The average molecular weight is 489 g/mol. The molecule has 0 fully saturated rings. The first-order chi connectivity index (χ1) is 17.7. The number of carbonyl (C=O) groups is 2. The van der Waals surface area contributed by atoms with Gasteiger partial charge < -0.3 is 5.11 Å². The molecule has 6 aromatic carbocycles. The Bertz CT molecular complexity index is 1790.